The van der Waals surface area contributed by atoms with Crippen LogP contribution in [0.3, 0.4) is 0 Å². The molecule has 2 aliphatic rings. The molecule has 8 nitrogen and oxygen atoms in total. The second-order valence-electron chi connectivity index (χ2n) is 6.82. The van der Waals surface area contributed by atoms with E-state index in [0.29, 0.717) is 6.42 Å². The number of nitrogens with zero attached hydrogens (tertiary/aromatic N) is 1. The molecule has 134 valence electrons. The quantitative estimate of drug-likeness (QED) is 0.562. The highest BCUT2D eigenvalue weighted by Gasteiger charge is 2.55. The van der Waals surface area contributed by atoms with Crippen molar-refractivity contribution in [2.24, 2.45) is 5.92 Å². The highest BCUT2D eigenvalue weighted by Crippen LogP contribution is 2.38. The molecule has 0 aromatic rings. The summed E-state index contributed by atoms with van der Waals surface area (Å²) in [6.07, 6.45) is 3.34. The Morgan fingerprint density at radius 1 is 1.38 bits per heavy atom. The molecule has 1 spiro atoms. The SMILES string of the molecule is CC(C)NC(=O)COC(=O)CN1C(=O)N[C@]2(CCCC[C@H]2C)C1=O. The van der Waals surface area contributed by atoms with Crippen LogP contribution in [0.1, 0.15) is 46.5 Å². The van der Waals surface area contributed by atoms with Gasteiger partial charge in [0.1, 0.15) is 12.1 Å². The van der Waals surface area contributed by atoms with Gasteiger partial charge in [0.15, 0.2) is 6.61 Å². The Bertz CT molecular complexity index is 548. The molecule has 1 aliphatic heterocycles. The van der Waals surface area contributed by atoms with Gasteiger partial charge in [0.2, 0.25) is 0 Å². The first-order valence-electron chi connectivity index (χ1n) is 8.35. The van der Waals surface area contributed by atoms with Crippen molar-refractivity contribution >= 4 is 23.8 Å². The Hall–Kier alpha value is -2.12. The molecule has 1 heterocycles. The lowest BCUT2D eigenvalue weighted by molar-refractivity contribution is -0.151. The zero-order chi connectivity index (χ0) is 17.9. The van der Waals surface area contributed by atoms with Crippen molar-refractivity contribution in [2.75, 3.05) is 13.2 Å². The number of ether oxygens (including phenoxy) is 1. The fourth-order valence-electron chi connectivity index (χ4n) is 3.32. The number of hydrogen-bond donors (Lipinski definition) is 2. The standard InChI is InChI=1S/C16H25N3O5/c1-10(2)17-12(20)9-24-13(21)8-19-14(22)16(18-15(19)23)7-5-4-6-11(16)3/h10-11H,4-9H2,1-3H3,(H,17,20)(H,18,23)/t11-,16+/m1/s1. The predicted molar refractivity (Wildman–Crippen MR) is 84.8 cm³/mol. The molecular formula is C16H25N3O5. The molecular weight excluding hydrogens is 314 g/mol. The molecule has 2 fully saturated rings. The van der Waals surface area contributed by atoms with Gasteiger partial charge in [-0.1, -0.05) is 19.8 Å². The molecule has 0 aromatic carbocycles. The van der Waals surface area contributed by atoms with Crippen LogP contribution in [0.25, 0.3) is 0 Å². The summed E-state index contributed by atoms with van der Waals surface area (Å²) < 4.78 is 4.84. The maximum absolute atomic E-state index is 12.7. The van der Waals surface area contributed by atoms with Crippen LogP contribution in [0, 0.1) is 5.92 Å². The second-order valence-corrected chi connectivity index (χ2v) is 6.82. The Labute approximate surface area is 141 Å². The average molecular weight is 339 g/mol. The van der Waals surface area contributed by atoms with Gasteiger partial charge in [-0.25, -0.2) is 4.79 Å². The van der Waals surface area contributed by atoms with E-state index < -0.39 is 36.6 Å². The van der Waals surface area contributed by atoms with E-state index in [-0.39, 0.29) is 17.9 Å². The van der Waals surface area contributed by atoms with Crippen LogP contribution in [-0.2, 0) is 19.1 Å². The lowest BCUT2D eigenvalue weighted by Gasteiger charge is -2.36. The first-order chi connectivity index (χ1) is 11.3. The minimum atomic E-state index is -0.898. The third-order valence-corrected chi connectivity index (χ3v) is 4.60. The number of urea groups is 1. The fraction of sp³-hybridized carbons (Fsp3) is 0.750. The molecule has 0 unspecified atom stereocenters. The number of imide groups is 1. The molecule has 2 rings (SSSR count). The van der Waals surface area contributed by atoms with Crippen LogP contribution >= 0.6 is 0 Å². The average Bonchev–Trinajstić information content (AvgIpc) is 2.73. The van der Waals surface area contributed by atoms with E-state index in [1.165, 1.54) is 0 Å². The number of hydrogen-bond acceptors (Lipinski definition) is 5. The number of rotatable bonds is 5. The van der Waals surface area contributed by atoms with E-state index in [1.54, 1.807) is 13.8 Å². The van der Waals surface area contributed by atoms with Crippen molar-refractivity contribution in [2.45, 2.75) is 58.0 Å². The van der Waals surface area contributed by atoms with Gasteiger partial charge in [-0.3, -0.25) is 19.3 Å². The molecule has 0 radical (unpaired) electrons. The molecule has 0 bridgehead atoms. The van der Waals surface area contributed by atoms with E-state index >= 15 is 0 Å². The minimum Gasteiger partial charge on any atom is -0.454 e. The van der Waals surface area contributed by atoms with E-state index in [4.69, 9.17) is 4.74 Å². The van der Waals surface area contributed by atoms with Crippen molar-refractivity contribution in [3.63, 3.8) is 0 Å². The highest BCUT2D eigenvalue weighted by atomic mass is 16.5. The van der Waals surface area contributed by atoms with Crippen molar-refractivity contribution in [1.82, 2.24) is 15.5 Å². The molecule has 1 saturated carbocycles. The summed E-state index contributed by atoms with van der Waals surface area (Å²) in [6.45, 7) is 4.61. The van der Waals surface area contributed by atoms with Gasteiger partial charge in [-0.2, -0.15) is 0 Å². The lowest BCUT2D eigenvalue weighted by atomic mass is 9.73. The topological polar surface area (TPSA) is 105 Å². The van der Waals surface area contributed by atoms with Crippen molar-refractivity contribution in [3.05, 3.63) is 0 Å². The molecule has 8 heteroatoms. The van der Waals surface area contributed by atoms with Crippen LogP contribution in [0.2, 0.25) is 0 Å². The van der Waals surface area contributed by atoms with Gasteiger partial charge in [0.25, 0.3) is 11.8 Å². The Morgan fingerprint density at radius 3 is 2.71 bits per heavy atom. The highest BCUT2D eigenvalue weighted by molar-refractivity contribution is 6.09. The summed E-state index contributed by atoms with van der Waals surface area (Å²) in [6, 6.07) is -0.632. The van der Waals surface area contributed by atoms with Crippen LogP contribution in [0.15, 0.2) is 0 Å². The van der Waals surface area contributed by atoms with Gasteiger partial charge >= 0.3 is 12.0 Å². The first kappa shape index (κ1) is 18.2. The zero-order valence-electron chi connectivity index (χ0n) is 14.4. The lowest BCUT2D eigenvalue weighted by Crippen LogP contribution is -2.54. The Morgan fingerprint density at radius 2 is 2.08 bits per heavy atom. The summed E-state index contributed by atoms with van der Waals surface area (Å²) in [5, 5.41) is 5.35. The maximum Gasteiger partial charge on any atom is 0.326 e. The largest absolute Gasteiger partial charge is 0.454 e. The normalized spacial score (nSPS) is 26.7. The van der Waals surface area contributed by atoms with Gasteiger partial charge in [0, 0.05) is 6.04 Å². The predicted octanol–water partition coefficient (Wildman–Crippen LogP) is 0.555. The summed E-state index contributed by atoms with van der Waals surface area (Å²) in [4.78, 5) is 49.0. The third kappa shape index (κ3) is 3.68. The zero-order valence-corrected chi connectivity index (χ0v) is 14.4. The maximum atomic E-state index is 12.7. The van der Waals surface area contributed by atoms with Gasteiger partial charge < -0.3 is 15.4 Å². The van der Waals surface area contributed by atoms with Gasteiger partial charge in [-0.05, 0) is 32.6 Å². The Kier molecular flexibility index (Phi) is 5.46. The monoisotopic (exact) mass is 339 g/mol. The van der Waals surface area contributed by atoms with E-state index in [9.17, 15) is 19.2 Å². The van der Waals surface area contributed by atoms with Crippen LogP contribution in [0.4, 0.5) is 4.79 Å². The first-order valence-corrected chi connectivity index (χ1v) is 8.35. The number of amides is 4. The van der Waals surface area contributed by atoms with Crippen LogP contribution < -0.4 is 10.6 Å². The van der Waals surface area contributed by atoms with Crippen LogP contribution in [0.5, 0.6) is 0 Å². The number of esters is 1. The fourth-order valence-corrected chi connectivity index (χ4v) is 3.32. The molecule has 1 saturated heterocycles. The van der Waals surface area contributed by atoms with Crippen molar-refractivity contribution in [1.29, 1.82) is 0 Å². The smallest absolute Gasteiger partial charge is 0.326 e. The number of carbonyl (C=O) groups excluding carboxylic acids is 4. The summed E-state index contributed by atoms with van der Waals surface area (Å²) in [7, 11) is 0. The molecule has 2 N–H and O–H groups in total. The molecule has 24 heavy (non-hydrogen) atoms. The minimum absolute atomic E-state index is 0.0283. The summed E-state index contributed by atoms with van der Waals surface area (Å²) in [5.74, 6) is -1.55. The molecule has 0 aromatic heterocycles. The number of nitrogens with one attached hydrogen (secondary N) is 2. The number of carbonyl (C=O) groups is 4. The van der Waals surface area contributed by atoms with Crippen LogP contribution in [-0.4, -0.2) is 53.4 Å². The molecule has 4 amide bonds. The molecule has 1 aliphatic carbocycles. The second kappa shape index (κ2) is 7.19. The van der Waals surface area contributed by atoms with Crippen molar-refractivity contribution in [3.8, 4) is 0 Å². The summed E-state index contributed by atoms with van der Waals surface area (Å²) >= 11 is 0. The van der Waals surface area contributed by atoms with Crippen molar-refractivity contribution < 1.29 is 23.9 Å². The molecule has 2 atom stereocenters. The summed E-state index contributed by atoms with van der Waals surface area (Å²) in [5.41, 5.74) is -0.898. The van der Waals surface area contributed by atoms with Gasteiger partial charge in [0.05, 0.1) is 0 Å². The van der Waals surface area contributed by atoms with E-state index in [0.717, 1.165) is 24.2 Å². The van der Waals surface area contributed by atoms with E-state index in [1.807, 2.05) is 6.92 Å². The van der Waals surface area contributed by atoms with E-state index in [2.05, 4.69) is 10.6 Å². The Balaban J connectivity index is 1.92. The van der Waals surface area contributed by atoms with Gasteiger partial charge in [-0.15, -0.1) is 0 Å². The third-order valence-electron chi connectivity index (χ3n) is 4.60.